The van der Waals surface area contributed by atoms with Crippen LogP contribution in [0.5, 0.6) is 0 Å². The van der Waals surface area contributed by atoms with Crippen molar-refractivity contribution in [3.8, 4) is 0 Å². The van der Waals surface area contributed by atoms with E-state index in [0.717, 1.165) is 17.2 Å². The minimum atomic E-state index is -0.0212. The van der Waals surface area contributed by atoms with Gasteiger partial charge in [0.05, 0.1) is 0 Å². The van der Waals surface area contributed by atoms with Crippen LogP contribution < -0.4 is 10.6 Å². The van der Waals surface area contributed by atoms with E-state index in [2.05, 4.69) is 27.7 Å². The number of carbonyl (C=O) groups excluding carboxylic acids is 1. The first kappa shape index (κ1) is 13.4. The van der Waals surface area contributed by atoms with Gasteiger partial charge >= 0.3 is 0 Å². The Hall–Kier alpha value is -1.55. The molecule has 2 aliphatic rings. The third-order valence-electron chi connectivity index (χ3n) is 4.52. The summed E-state index contributed by atoms with van der Waals surface area (Å²) in [5, 5.41) is 6.55. The van der Waals surface area contributed by atoms with E-state index in [0.29, 0.717) is 6.04 Å². The summed E-state index contributed by atoms with van der Waals surface area (Å²) >= 11 is 0. The summed E-state index contributed by atoms with van der Waals surface area (Å²) in [6.07, 6.45) is 2.55. The first-order valence-corrected chi connectivity index (χ1v) is 7.49. The maximum atomic E-state index is 11.1. The van der Waals surface area contributed by atoms with Gasteiger partial charge in [-0.3, -0.25) is 4.79 Å². The van der Waals surface area contributed by atoms with Gasteiger partial charge in [-0.2, -0.15) is 0 Å². The highest BCUT2D eigenvalue weighted by atomic mass is 16.1. The summed E-state index contributed by atoms with van der Waals surface area (Å²) in [4.78, 5) is 13.7. The number of benzene rings is 1. The van der Waals surface area contributed by atoms with Gasteiger partial charge in [-0.25, -0.2) is 0 Å². The van der Waals surface area contributed by atoms with Crippen LogP contribution in [0, 0.1) is 12.8 Å². The Morgan fingerprint density at radius 2 is 2.10 bits per heavy atom. The van der Waals surface area contributed by atoms with Gasteiger partial charge in [-0.15, -0.1) is 0 Å². The fourth-order valence-corrected chi connectivity index (χ4v) is 3.44. The Kier molecular flexibility index (Phi) is 3.66. The molecule has 1 aromatic rings. The SMILES string of the molecule is CC(=O)Nc1ccc(NC2CCN3CCC2C3)cc1C. The van der Waals surface area contributed by atoms with E-state index < -0.39 is 0 Å². The first-order chi connectivity index (χ1) is 9.61. The lowest BCUT2D eigenvalue weighted by molar-refractivity contribution is -0.114. The molecule has 2 heterocycles. The summed E-state index contributed by atoms with van der Waals surface area (Å²) in [5.41, 5.74) is 3.18. The van der Waals surface area contributed by atoms with E-state index in [1.165, 1.54) is 38.2 Å². The number of fused-ring (bicyclic) bond motifs is 2. The molecular weight excluding hydrogens is 250 g/mol. The molecule has 20 heavy (non-hydrogen) atoms. The monoisotopic (exact) mass is 273 g/mol. The third kappa shape index (κ3) is 2.80. The quantitative estimate of drug-likeness (QED) is 0.889. The number of amides is 1. The number of carbonyl (C=O) groups is 1. The van der Waals surface area contributed by atoms with Gasteiger partial charge in [-0.05, 0) is 56.0 Å². The van der Waals surface area contributed by atoms with Crippen LogP contribution in [0.25, 0.3) is 0 Å². The van der Waals surface area contributed by atoms with Crippen molar-refractivity contribution in [2.75, 3.05) is 30.3 Å². The number of nitrogens with one attached hydrogen (secondary N) is 2. The summed E-state index contributed by atoms with van der Waals surface area (Å²) in [7, 11) is 0. The molecule has 1 aromatic carbocycles. The molecular formula is C16H23N3O. The Bertz CT molecular complexity index is 514. The van der Waals surface area contributed by atoms with Crippen LogP contribution in [0.2, 0.25) is 0 Å². The molecule has 108 valence electrons. The van der Waals surface area contributed by atoms with E-state index in [1.807, 2.05) is 13.0 Å². The van der Waals surface area contributed by atoms with Crippen molar-refractivity contribution in [2.24, 2.45) is 5.92 Å². The van der Waals surface area contributed by atoms with Crippen LogP contribution in [0.4, 0.5) is 11.4 Å². The molecule has 0 radical (unpaired) electrons. The van der Waals surface area contributed by atoms with Crippen molar-refractivity contribution in [1.29, 1.82) is 0 Å². The van der Waals surface area contributed by atoms with Crippen molar-refractivity contribution in [2.45, 2.75) is 32.7 Å². The van der Waals surface area contributed by atoms with E-state index >= 15 is 0 Å². The number of piperidine rings is 1. The smallest absolute Gasteiger partial charge is 0.221 e. The van der Waals surface area contributed by atoms with Crippen LogP contribution in [0.3, 0.4) is 0 Å². The molecule has 2 fully saturated rings. The fraction of sp³-hybridized carbons (Fsp3) is 0.562. The molecule has 0 aromatic heterocycles. The van der Waals surface area contributed by atoms with Crippen LogP contribution in [0.1, 0.15) is 25.3 Å². The van der Waals surface area contributed by atoms with Gasteiger partial charge in [0.15, 0.2) is 0 Å². The zero-order chi connectivity index (χ0) is 14.1. The molecule has 2 aliphatic heterocycles. The maximum absolute atomic E-state index is 11.1. The highest BCUT2D eigenvalue weighted by molar-refractivity contribution is 5.89. The van der Waals surface area contributed by atoms with Crippen LogP contribution in [0.15, 0.2) is 18.2 Å². The van der Waals surface area contributed by atoms with E-state index in [9.17, 15) is 4.79 Å². The fourth-order valence-electron chi connectivity index (χ4n) is 3.44. The lowest BCUT2D eigenvalue weighted by Crippen LogP contribution is -2.39. The molecule has 2 N–H and O–H groups in total. The molecule has 1 amide bonds. The molecule has 2 bridgehead atoms. The van der Waals surface area contributed by atoms with Gasteiger partial charge in [0.25, 0.3) is 0 Å². The van der Waals surface area contributed by atoms with E-state index in [1.54, 1.807) is 6.92 Å². The molecule has 0 spiro atoms. The average molecular weight is 273 g/mol. The van der Waals surface area contributed by atoms with Crippen LogP contribution in [-0.4, -0.2) is 36.5 Å². The van der Waals surface area contributed by atoms with Crippen molar-refractivity contribution >= 4 is 17.3 Å². The summed E-state index contributed by atoms with van der Waals surface area (Å²) in [6, 6.07) is 6.79. The molecule has 0 saturated carbocycles. The van der Waals surface area contributed by atoms with Crippen molar-refractivity contribution < 1.29 is 4.79 Å². The van der Waals surface area contributed by atoms with Gasteiger partial charge in [0, 0.05) is 37.4 Å². The number of rotatable bonds is 3. The van der Waals surface area contributed by atoms with Crippen molar-refractivity contribution in [3.63, 3.8) is 0 Å². The Morgan fingerprint density at radius 1 is 1.30 bits per heavy atom. The van der Waals surface area contributed by atoms with Gasteiger partial charge in [0.1, 0.15) is 0 Å². The zero-order valence-corrected chi connectivity index (χ0v) is 12.3. The summed E-state index contributed by atoms with van der Waals surface area (Å²) < 4.78 is 0. The molecule has 2 saturated heterocycles. The number of aryl methyl sites for hydroxylation is 1. The number of hydrogen-bond donors (Lipinski definition) is 2. The second-order valence-electron chi connectivity index (χ2n) is 6.10. The zero-order valence-electron chi connectivity index (χ0n) is 12.3. The molecule has 0 aliphatic carbocycles. The number of nitrogens with zero attached hydrogens (tertiary/aromatic N) is 1. The minimum absolute atomic E-state index is 0.0212. The van der Waals surface area contributed by atoms with Crippen molar-refractivity contribution in [1.82, 2.24) is 4.90 Å². The van der Waals surface area contributed by atoms with Gasteiger partial charge in [-0.1, -0.05) is 0 Å². The third-order valence-corrected chi connectivity index (χ3v) is 4.52. The average Bonchev–Trinajstić information content (AvgIpc) is 2.79. The van der Waals surface area contributed by atoms with Gasteiger partial charge in [0.2, 0.25) is 5.91 Å². The minimum Gasteiger partial charge on any atom is -0.382 e. The summed E-state index contributed by atoms with van der Waals surface area (Å²) in [5.74, 6) is 0.770. The molecule has 4 heteroatoms. The lowest BCUT2D eigenvalue weighted by atomic mass is 9.94. The Balaban J connectivity index is 1.68. The van der Waals surface area contributed by atoms with Crippen LogP contribution >= 0.6 is 0 Å². The van der Waals surface area contributed by atoms with Gasteiger partial charge < -0.3 is 15.5 Å². The number of anilines is 2. The first-order valence-electron chi connectivity index (χ1n) is 7.49. The lowest BCUT2D eigenvalue weighted by Gasteiger charge is -2.31. The standard InChI is InChI=1S/C16H23N3O/c1-11-9-14(3-4-15(11)17-12(2)20)18-16-6-8-19-7-5-13(16)10-19/h3-4,9,13,16,18H,5-8,10H2,1-2H3,(H,17,20). The molecule has 4 nitrogen and oxygen atoms in total. The summed E-state index contributed by atoms with van der Waals surface area (Å²) in [6.45, 7) is 7.31. The second-order valence-corrected chi connectivity index (χ2v) is 6.10. The highest BCUT2D eigenvalue weighted by Crippen LogP contribution is 2.30. The normalized spacial score (nSPS) is 28.2. The Labute approximate surface area is 120 Å². The Morgan fingerprint density at radius 3 is 2.85 bits per heavy atom. The van der Waals surface area contributed by atoms with E-state index in [-0.39, 0.29) is 5.91 Å². The molecule has 3 unspecified atom stereocenters. The second kappa shape index (κ2) is 5.44. The number of hydrogen-bond acceptors (Lipinski definition) is 3. The highest BCUT2D eigenvalue weighted by Gasteiger charge is 2.34. The van der Waals surface area contributed by atoms with Crippen LogP contribution in [-0.2, 0) is 4.79 Å². The predicted octanol–water partition coefficient (Wildman–Crippen LogP) is 2.46. The molecule has 3 atom stereocenters. The van der Waals surface area contributed by atoms with Crippen molar-refractivity contribution in [3.05, 3.63) is 23.8 Å². The predicted molar refractivity (Wildman–Crippen MR) is 82.1 cm³/mol. The largest absolute Gasteiger partial charge is 0.382 e. The topological polar surface area (TPSA) is 44.4 Å². The van der Waals surface area contributed by atoms with E-state index in [4.69, 9.17) is 0 Å². The molecule has 3 rings (SSSR count). The maximum Gasteiger partial charge on any atom is 0.221 e.